The minimum atomic E-state index is -4.91. The van der Waals surface area contributed by atoms with E-state index in [1.54, 1.807) is 13.0 Å². The van der Waals surface area contributed by atoms with Gasteiger partial charge in [-0.1, -0.05) is 37.6 Å². The van der Waals surface area contributed by atoms with Crippen molar-refractivity contribution in [2.75, 3.05) is 24.6 Å². The molecule has 0 saturated heterocycles. The first kappa shape index (κ1) is 32.2. The molecule has 2 heterocycles. The summed E-state index contributed by atoms with van der Waals surface area (Å²) in [5, 5.41) is 11.9. The maximum Gasteiger partial charge on any atom is 0.421 e. The normalized spacial score (nSPS) is 33.9. The number of halogens is 4. The van der Waals surface area contributed by atoms with Gasteiger partial charge >= 0.3 is 6.18 Å². The maximum atomic E-state index is 14.6. The van der Waals surface area contributed by atoms with E-state index in [1.807, 2.05) is 23.1 Å². The highest BCUT2D eigenvalue weighted by atomic mass is 35.5. The first-order valence-corrected chi connectivity index (χ1v) is 17.3. The number of rotatable bonds is 0. The van der Waals surface area contributed by atoms with Gasteiger partial charge in [0.05, 0.1) is 17.2 Å². The van der Waals surface area contributed by atoms with E-state index in [-0.39, 0.29) is 30.9 Å². The van der Waals surface area contributed by atoms with Crippen LogP contribution in [0.15, 0.2) is 53.4 Å². The van der Waals surface area contributed by atoms with Gasteiger partial charge in [0.25, 0.3) is 10.0 Å². The minimum absolute atomic E-state index is 0.0542. The van der Waals surface area contributed by atoms with E-state index in [4.69, 9.17) is 16.3 Å². The monoisotopic (exact) mass is 666 g/mol. The number of carbonyl (C=O) groups is 1. The van der Waals surface area contributed by atoms with Gasteiger partial charge in [-0.3, -0.25) is 4.79 Å². The predicted molar refractivity (Wildman–Crippen MR) is 165 cm³/mol. The summed E-state index contributed by atoms with van der Waals surface area (Å²) in [5.41, 5.74) is -1.00. The topological polar surface area (TPSA) is 95.9 Å². The Bertz CT molecular complexity index is 1630. The van der Waals surface area contributed by atoms with Crippen molar-refractivity contribution in [3.05, 3.63) is 64.7 Å². The average molecular weight is 667 g/mol. The molecule has 1 spiro atoms. The number of nitrogens with one attached hydrogen (secondary N) is 1. The van der Waals surface area contributed by atoms with Gasteiger partial charge in [-0.05, 0) is 97.9 Å². The van der Waals surface area contributed by atoms with Gasteiger partial charge in [0, 0.05) is 35.4 Å². The molecule has 12 heteroatoms. The van der Waals surface area contributed by atoms with E-state index >= 15 is 0 Å². The minimum Gasteiger partial charge on any atom is -0.490 e. The number of benzene rings is 2. The quantitative estimate of drug-likeness (QED) is 0.327. The molecule has 0 radical (unpaired) electrons. The molecule has 7 nitrogen and oxygen atoms in total. The lowest BCUT2D eigenvalue weighted by molar-refractivity contribution is -0.273. The van der Waals surface area contributed by atoms with Crippen molar-refractivity contribution in [2.45, 2.75) is 74.5 Å². The zero-order valence-corrected chi connectivity index (χ0v) is 26.8. The van der Waals surface area contributed by atoms with Crippen LogP contribution < -0.4 is 14.4 Å². The molecule has 6 atom stereocenters. The number of aryl methyl sites for hydroxylation is 1. The summed E-state index contributed by atoms with van der Waals surface area (Å²) in [6.07, 6.45) is 0.375. The van der Waals surface area contributed by atoms with Crippen molar-refractivity contribution in [1.29, 1.82) is 0 Å². The molecule has 6 rings (SSSR count). The molecule has 1 fully saturated rings. The van der Waals surface area contributed by atoms with Gasteiger partial charge in [-0.2, -0.15) is 13.2 Å². The number of amides is 1. The molecule has 1 amide bonds. The average Bonchev–Trinajstić information content (AvgIpc) is 3.10. The third kappa shape index (κ3) is 5.73. The zero-order chi connectivity index (χ0) is 32.4. The van der Waals surface area contributed by atoms with Gasteiger partial charge in [-0.15, -0.1) is 0 Å². The van der Waals surface area contributed by atoms with Crippen molar-refractivity contribution in [2.24, 2.45) is 23.7 Å². The van der Waals surface area contributed by atoms with Gasteiger partial charge in [-0.25, -0.2) is 13.1 Å². The molecule has 2 bridgehead atoms. The second-order valence-electron chi connectivity index (χ2n) is 13.4. The Balaban J connectivity index is 1.48. The van der Waals surface area contributed by atoms with Crippen molar-refractivity contribution in [1.82, 2.24) is 4.72 Å². The lowest BCUT2D eigenvalue weighted by Crippen LogP contribution is -2.58. The summed E-state index contributed by atoms with van der Waals surface area (Å²) in [5.74, 6) is -3.28. The third-order valence-electron chi connectivity index (χ3n) is 10.6. The van der Waals surface area contributed by atoms with Crippen LogP contribution >= 0.6 is 11.6 Å². The number of ether oxygens (including phenoxy) is 1. The third-order valence-corrected chi connectivity index (χ3v) is 12.2. The number of anilines is 1. The van der Waals surface area contributed by atoms with Crippen molar-refractivity contribution in [3.8, 4) is 5.75 Å². The lowest BCUT2D eigenvalue weighted by atomic mass is 9.63. The highest BCUT2D eigenvalue weighted by Crippen LogP contribution is 2.52. The summed E-state index contributed by atoms with van der Waals surface area (Å²) in [7, 11) is -4.27. The number of fused-ring (bicyclic) bond motifs is 4. The molecule has 2 aromatic carbocycles. The summed E-state index contributed by atoms with van der Waals surface area (Å²) in [6.45, 7) is 4.00. The molecule has 2 N–H and O–H groups in total. The van der Waals surface area contributed by atoms with Crippen LogP contribution in [0.25, 0.3) is 0 Å². The number of sulfonamides is 1. The predicted octanol–water partition coefficient (Wildman–Crippen LogP) is 6.17. The Hall–Kier alpha value is -2.76. The van der Waals surface area contributed by atoms with Gasteiger partial charge < -0.3 is 14.7 Å². The van der Waals surface area contributed by atoms with Crippen LogP contribution in [0.1, 0.15) is 57.1 Å². The summed E-state index contributed by atoms with van der Waals surface area (Å²) >= 11 is 6.33. The Labute approximate surface area is 266 Å². The number of hydrogen-bond donors (Lipinski definition) is 2. The smallest absolute Gasteiger partial charge is 0.421 e. The van der Waals surface area contributed by atoms with E-state index < -0.39 is 56.8 Å². The van der Waals surface area contributed by atoms with Crippen LogP contribution in [0.4, 0.5) is 18.9 Å². The number of aliphatic hydroxyl groups is 1. The Morgan fingerprint density at radius 2 is 1.91 bits per heavy atom. The van der Waals surface area contributed by atoms with Crippen LogP contribution in [0.2, 0.25) is 5.02 Å². The van der Waals surface area contributed by atoms with Crippen LogP contribution in [-0.2, 0) is 26.7 Å². The second-order valence-corrected chi connectivity index (χ2v) is 15.5. The van der Waals surface area contributed by atoms with Crippen molar-refractivity contribution >= 4 is 33.2 Å². The summed E-state index contributed by atoms with van der Waals surface area (Å²) < 4.78 is 79.3. The Morgan fingerprint density at radius 1 is 1.13 bits per heavy atom. The van der Waals surface area contributed by atoms with Crippen molar-refractivity contribution in [3.63, 3.8) is 0 Å². The van der Waals surface area contributed by atoms with Gasteiger partial charge in [0.2, 0.25) is 5.91 Å². The fourth-order valence-corrected chi connectivity index (χ4v) is 8.83. The molecule has 2 aliphatic heterocycles. The van der Waals surface area contributed by atoms with E-state index in [1.165, 1.54) is 25.1 Å². The first-order chi connectivity index (χ1) is 21.1. The fraction of sp³-hybridized carbons (Fsp3) is 0.545. The number of allylic oxidation sites excluding steroid dienone is 1. The van der Waals surface area contributed by atoms with Crippen LogP contribution in [-0.4, -0.2) is 50.9 Å². The highest BCUT2D eigenvalue weighted by Gasteiger charge is 2.61. The van der Waals surface area contributed by atoms with Crippen LogP contribution in [0, 0.1) is 23.7 Å². The summed E-state index contributed by atoms with van der Waals surface area (Å²) in [6, 6.07) is 10.1. The molecular formula is C33H38ClF3N2O5S. The lowest BCUT2D eigenvalue weighted by Gasteiger charge is -2.49. The SMILES string of the molecule is C[C@H]1C/C=C/[C@@](O)(C(F)(F)F)[C@@H]2CC[C@H]2CN2C[C@@]3(CCCc4cc(Cl)ccc43)COc3ccc(cc32)S(=O)(=O)NC(=O)[C@@H]1C. The van der Waals surface area contributed by atoms with E-state index in [0.717, 1.165) is 36.5 Å². The first-order valence-electron chi connectivity index (χ1n) is 15.5. The Morgan fingerprint density at radius 3 is 2.62 bits per heavy atom. The molecule has 1 saturated carbocycles. The molecule has 244 valence electrons. The van der Waals surface area contributed by atoms with Crippen LogP contribution in [0.5, 0.6) is 5.75 Å². The molecule has 0 aromatic heterocycles. The Kier molecular flexibility index (Phi) is 8.22. The molecular weight excluding hydrogens is 629 g/mol. The molecule has 2 aromatic rings. The van der Waals surface area contributed by atoms with Gasteiger partial charge in [0.15, 0.2) is 5.60 Å². The largest absolute Gasteiger partial charge is 0.490 e. The molecule has 4 aliphatic rings. The standard InChI is InChI=1S/C33H38ClF3N2O5S/c1-20-5-3-14-32(41,33(35,36)37)27-10-7-23(27)17-39-18-31(13-4-6-22-15-24(34)8-11-26(22)31)19-44-29-12-9-25(16-28(29)39)45(42,43)38-30(40)21(20)2/h3,8-9,11-12,14-16,20-21,23,27,41H,4-7,10,13,17-19H2,1-2H3,(H,38,40)/b14-3+/t20-,21+,23-,27+,31-,32-/m0/s1. The number of nitrogens with zero attached hydrogens (tertiary/aromatic N) is 1. The molecule has 0 unspecified atom stereocenters. The number of hydrogen-bond acceptors (Lipinski definition) is 6. The van der Waals surface area contributed by atoms with E-state index in [2.05, 4.69) is 4.72 Å². The van der Waals surface area contributed by atoms with E-state index in [0.29, 0.717) is 29.4 Å². The molecule has 45 heavy (non-hydrogen) atoms. The number of carbonyl (C=O) groups excluding carboxylic acids is 1. The highest BCUT2D eigenvalue weighted by molar-refractivity contribution is 7.90. The van der Waals surface area contributed by atoms with Crippen LogP contribution in [0.3, 0.4) is 0 Å². The summed E-state index contributed by atoms with van der Waals surface area (Å²) in [4.78, 5) is 14.8. The number of alkyl halides is 3. The fourth-order valence-electron chi connectivity index (χ4n) is 7.55. The van der Waals surface area contributed by atoms with Gasteiger partial charge in [0.1, 0.15) is 5.75 Å². The van der Waals surface area contributed by atoms with E-state index in [9.17, 15) is 31.5 Å². The molecule has 2 aliphatic carbocycles. The second kappa shape index (κ2) is 11.5. The maximum absolute atomic E-state index is 14.6. The van der Waals surface area contributed by atoms with Crippen molar-refractivity contribution < 1.29 is 36.2 Å². The zero-order valence-electron chi connectivity index (χ0n) is 25.2.